The van der Waals surface area contributed by atoms with Crippen LogP contribution in [0.3, 0.4) is 0 Å². The smallest absolute Gasteiger partial charge is 0.261 e. The van der Waals surface area contributed by atoms with E-state index in [1.807, 2.05) is 69.3 Å². The second-order valence-corrected chi connectivity index (χ2v) is 8.91. The molecular weight excluding hydrogens is 434 g/mol. The second-order valence-electron chi connectivity index (χ2n) is 8.91. The third-order valence-electron chi connectivity index (χ3n) is 6.62. The fourth-order valence-electron chi connectivity index (χ4n) is 4.30. The van der Waals surface area contributed by atoms with Crippen LogP contribution in [0.15, 0.2) is 70.1 Å². The highest BCUT2D eigenvalue weighted by atomic mass is 16.3. The lowest BCUT2D eigenvalue weighted by Crippen LogP contribution is -2.23. The summed E-state index contributed by atoms with van der Waals surface area (Å²) in [5.74, 6) is -0.245. The van der Waals surface area contributed by atoms with Gasteiger partial charge in [0.2, 0.25) is 5.55 Å². The quantitative estimate of drug-likeness (QED) is 0.332. The molecule has 0 atom stereocenters. The number of fused-ring (bicyclic) bond motifs is 1. The van der Waals surface area contributed by atoms with Crippen LogP contribution in [0.5, 0.6) is 0 Å². The molecule has 0 saturated carbocycles. The number of hydrogen-bond acceptors (Lipinski definition) is 4. The molecule has 0 unspecified atom stereocenters. The zero-order chi connectivity index (χ0) is 25.1. The predicted molar refractivity (Wildman–Crippen MR) is 145 cm³/mol. The third-order valence-corrected chi connectivity index (χ3v) is 6.62. The first-order chi connectivity index (χ1) is 16.8. The Morgan fingerprint density at radius 1 is 0.886 bits per heavy atom. The zero-order valence-corrected chi connectivity index (χ0v) is 21.4. The van der Waals surface area contributed by atoms with Crippen LogP contribution in [0.1, 0.15) is 46.5 Å². The van der Waals surface area contributed by atoms with Crippen molar-refractivity contribution < 1.29 is 9.21 Å². The summed E-state index contributed by atoms with van der Waals surface area (Å²) in [5.41, 5.74) is 8.28. The number of nitrogens with one attached hydrogen (secondary N) is 1. The minimum atomic E-state index is -0.245. The molecule has 5 nitrogen and oxygen atoms in total. The number of benzene rings is 3. The third kappa shape index (κ3) is 4.99. The van der Waals surface area contributed by atoms with Gasteiger partial charge in [0.25, 0.3) is 5.91 Å². The number of rotatable bonds is 6. The van der Waals surface area contributed by atoms with Gasteiger partial charge >= 0.3 is 0 Å². The molecule has 1 aromatic heterocycles. The summed E-state index contributed by atoms with van der Waals surface area (Å²) >= 11 is 0. The van der Waals surface area contributed by atoms with Crippen LogP contribution in [-0.4, -0.2) is 19.0 Å². The molecule has 3 aromatic carbocycles. The van der Waals surface area contributed by atoms with Gasteiger partial charge in [0.1, 0.15) is 11.1 Å². The molecule has 0 aliphatic heterocycles. The van der Waals surface area contributed by atoms with Gasteiger partial charge in [-0.1, -0.05) is 30.3 Å². The molecule has 0 bridgehead atoms. The summed E-state index contributed by atoms with van der Waals surface area (Å²) in [6.45, 7) is 14.1. The number of amides is 1. The van der Waals surface area contributed by atoms with Crippen molar-refractivity contribution in [3.63, 3.8) is 0 Å². The summed E-state index contributed by atoms with van der Waals surface area (Å²) in [7, 11) is 0. The van der Waals surface area contributed by atoms with E-state index in [4.69, 9.17) is 9.41 Å². The predicted octanol–water partition coefficient (Wildman–Crippen LogP) is 7.00. The van der Waals surface area contributed by atoms with E-state index in [9.17, 15) is 4.79 Å². The van der Waals surface area contributed by atoms with Gasteiger partial charge in [-0.2, -0.15) is 0 Å². The van der Waals surface area contributed by atoms with Crippen molar-refractivity contribution in [3.8, 4) is 0 Å². The van der Waals surface area contributed by atoms with Crippen molar-refractivity contribution >= 4 is 33.9 Å². The maximum absolute atomic E-state index is 13.6. The van der Waals surface area contributed by atoms with Gasteiger partial charge in [0.05, 0.1) is 5.69 Å². The van der Waals surface area contributed by atoms with Gasteiger partial charge in [0, 0.05) is 35.9 Å². The molecule has 35 heavy (non-hydrogen) atoms. The molecule has 1 N–H and O–H groups in total. The van der Waals surface area contributed by atoms with E-state index in [0.717, 1.165) is 57.8 Å². The molecule has 4 rings (SSSR count). The Morgan fingerprint density at radius 3 is 2.23 bits per heavy atom. The number of carbonyl (C=O) groups is 1. The fourth-order valence-corrected chi connectivity index (χ4v) is 4.30. The van der Waals surface area contributed by atoms with Gasteiger partial charge in [-0.3, -0.25) is 4.79 Å². The number of para-hydroxylation sites is 1. The molecule has 5 heteroatoms. The largest absolute Gasteiger partial charge is 0.437 e. The molecule has 0 aliphatic carbocycles. The highest BCUT2D eigenvalue weighted by molar-refractivity contribution is 6.06. The summed E-state index contributed by atoms with van der Waals surface area (Å²) in [6.07, 6.45) is 0. The van der Waals surface area contributed by atoms with Gasteiger partial charge in [-0.05, 0) is 88.1 Å². The number of aryl methyl sites for hydroxylation is 3. The fraction of sp³-hybridized carbons (Fsp3) is 0.267. The SMILES string of the molecule is CCN(CC)c1ccc2cc(C(=O)Nc3c(C)cccc3C)c(=Nc3cccc(C)c3C)oc2c1. The van der Waals surface area contributed by atoms with Crippen molar-refractivity contribution in [1.29, 1.82) is 0 Å². The Hall–Kier alpha value is -3.86. The topological polar surface area (TPSA) is 57.8 Å². The van der Waals surface area contributed by atoms with Crippen LogP contribution in [0.25, 0.3) is 11.0 Å². The average molecular weight is 468 g/mol. The van der Waals surface area contributed by atoms with E-state index >= 15 is 0 Å². The molecular formula is C30H33N3O2. The normalized spacial score (nSPS) is 11.7. The lowest BCUT2D eigenvalue weighted by molar-refractivity contribution is 0.102. The van der Waals surface area contributed by atoms with Crippen LogP contribution < -0.4 is 15.8 Å². The van der Waals surface area contributed by atoms with E-state index in [0.29, 0.717) is 16.7 Å². The van der Waals surface area contributed by atoms with Crippen molar-refractivity contribution in [3.05, 3.63) is 94.0 Å². The van der Waals surface area contributed by atoms with E-state index in [2.05, 4.69) is 43.1 Å². The summed E-state index contributed by atoms with van der Waals surface area (Å²) in [5, 5.41) is 3.95. The first-order valence-electron chi connectivity index (χ1n) is 12.1. The number of hydrogen-bond donors (Lipinski definition) is 1. The number of carbonyl (C=O) groups excluding carboxylic acids is 1. The monoisotopic (exact) mass is 467 g/mol. The summed E-state index contributed by atoms with van der Waals surface area (Å²) in [6, 6.07) is 19.9. The first-order valence-corrected chi connectivity index (χ1v) is 12.1. The average Bonchev–Trinajstić information content (AvgIpc) is 2.84. The minimum Gasteiger partial charge on any atom is -0.437 e. The van der Waals surface area contributed by atoms with Gasteiger partial charge < -0.3 is 14.6 Å². The van der Waals surface area contributed by atoms with Crippen LogP contribution in [0.4, 0.5) is 17.1 Å². The van der Waals surface area contributed by atoms with Crippen molar-refractivity contribution in [2.24, 2.45) is 4.99 Å². The van der Waals surface area contributed by atoms with Crippen molar-refractivity contribution in [2.45, 2.75) is 41.5 Å². The van der Waals surface area contributed by atoms with E-state index < -0.39 is 0 Å². The van der Waals surface area contributed by atoms with Crippen LogP contribution in [0.2, 0.25) is 0 Å². The molecule has 1 heterocycles. The molecule has 4 aromatic rings. The Balaban J connectivity index is 1.91. The molecule has 0 radical (unpaired) electrons. The lowest BCUT2D eigenvalue weighted by Gasteiger charge is -2.21. The Kier molecular flexibility index (Phi) is 7.06. The molecule has 0 saturated heterocycles. The molecule has 0 aliphatic rings. The second kappa shape index (κ2) is 10.2. The molecule has 180 valence electrons. The zero-order valence-electron chi connectivity index (χ0n) is 21.4. The van der Waals surface area contributed by atoms with Crippen LogP contribution >= 0.6 is 0 Å². The summed E-state index contributed by atoms with van der Waals surface area (Å²) in [4.78, 5) is 20.6. The molecule has 1 amide bonds. The maximum atomic E-state index is 13.6. The lowest BCUT2D eigenvalue weighted by atomic mass is 10.1. The Morgan fingerprint density at radius 2 is 1.54 bits per heavy atom. The van der Waals surface area contributed by atoms with E-state index in [1.54, 1.807) is 0 Å². The standard InChI is InChI=1S/C30H33N3O2/c1-7-33(8-2)24-16-15-23-17-25(29(34)32-28-20(4)12-9-13-21(28)5)30(35-27(23)18-24)31-26-14-10-11-19(3)22(26)6/h9-18H,7-8H2,1-6H3,(H,32,34). The first kappa shape index (κ1) is 24.3. The van der Waals surface area contributed by atoms with Crippen LogP contribution in [0, 0.1) is 27.7 Å². The molecule has 0 fully saturated rings. The van der Waals surface area contributed by atoms with Gasteiger partial charge in [0.15, 0.2) is 0 Å². The Labute approximate surface area is 207 Å². The number of anilines is 2. The van der Waals surface area contributed by atoms with E-state index in [-0.39, 0.29) is 5.91 Å². The van der Waals surface area contributed by atoms with Crippen molar-refractivity contribution in [2.75, 3.05) is 23.3 Å². The van der Waals surface area contributed by atoms with Gasteiger partial charge in [-0.25, -0.2) is 4.99 Å². The highest BCUT2D eigenvalue weighted by Crippen LogP contribution is 2.25. The van der Waals surface area contributed by atoms with Crippen LogP contribution in [-0.2, 0) is 0 Å². The Bertz CT molecular complexity index is 1440. The van der Waals surface area contributed by atoms with Crippen molar-refractivity contribution in [1.82, 2.24) is 0 Å². The van der Waals surface area contributed by atoms with E-state index in [1.165, 1.54) is 0 Å². The minimum absolute atomic E-state index is 0.245. The number of nitrogens with zero attached hydrogens (tertiary/aromatic N) is 2. The molecule has 0 spiro atoms. The highest BCUT2D eigenvalue weighted by Gasteiger charge is 2.16. The summed E-state index contributed by atoms with van der Waals surface area (Å²) < 4.78 is 6.34. The maximum Gasteiger partial charge on any atom is 0.261 e. The van der Waals surface area contributed by atoms with Gasteiger partial charge in [-0.15, -0.1) is 0 Å².